The van der Waals surface area contributed by atoms with Gasteiger partial charge in [0.1, 0.15) is 11.4 Å². The fourth-order valence-corrected chi connectivity index (χ4v) is 4.16. The van der Waals surface area contributed by atoms with Crippen molar-refractivity contribution >= 4 is 11.6 Å². The number of pyridine rings is 1. The van der Waals surface area contributed by atoms with E-state index in [2.05, 4.69) is 16.2 Å². The molecule has 0 radical (unpaired) electrons. The number of fused-ring (bicyclic) bond motifs is 1. The molecule has 0 unspecified atom stereocenters. The van der Waals surface area contributed by atoms with Crippen molar-refractivity contribution in [2.45, 2.75) is 25.2 Å². The minimum Gasteiger partial charge on any atom is -0.439 e. The van der Waals surface area contributed by atoms with Crippen molar-refractivity contribution in [1.82, 2.24) is 24.1 Å². The SMILES string of the molecule is CN(CCCN)C(=O)c1cc(-c2ccc(C#N)cc2Oc2cc(C3CC3)nn2C)c2nccn2c1. The van der Waals surface area contributed by atoms with Crippen LogP contribution in [0.4, 0.5) is 0 Å². The zero-order valence-corrected chi connectivity index (χ0v) is 19.8. The Morgan fingerprint density at radius 1 is 1.29 bits per heavy atom. The summed E-state index contributed by atoms with van der Waals surface area (Å²) in [5.41, 5.74) is 9.78. The maximum Gasteiger partial charge on any atom is 0.255 e. The highest BCUT2D eigenvalue weighted by Crippen LogP contribution is 2.42. The molecule has 35 heavy (non-hydrogen) atoms. The van der Waals surface area contributed by atoms with Gasteiger partial charge in [-0.25, -0.2) is 9.67 Å². The number of carbonyl (C=O) groups is 1. The lowest BCUT2D eigenvalue weighted by Gasteiger charge is -2.18. The Kier molecular flexibility index (Phi) is 5.97. The molecule has 1 aromatic carbocycles. The van der Waals surface area contributed by atoms with Gasteiger partial charge >= 0.3 is 0 Å². The maximum absolute atomic E-state index is 13.2. The molecule has 1 aliphatic rings. The molecule has 0 saturated heterocycles. The van der Waals surface area contributed by atoms with E-state index in [1.54, 1.807) is 41.2 Å². The quantitative estimate of drug-likeness (QED) is 0.421. The highest BCUT2D eigenvalue weighted by molar-refractivity contribution is 5.97. The second-order valence-electron chi connectivity index (χ2n) is 8.90. The van der Waals surface area contributed by atoms with E-state index in [4.69, 9.17) is 10.5 Å². The van der Waals surface area contributed by atoms with Gasteiger partial charge in [0.2, 0.25) is 5.88 Å². The van der Waals surface area contributed by atoms with Crippen LogP contribution in [0, 0.1) is 11.3 Å². The van der Waals surface area contributed by atoms with Crippen LogP contribution in [0.2, 0.25) is 0 Å². The number of nitriles is 1. The van der Waals surface area contributed by atoms with Gasteiger partial charge in [-0.1, -0.05) is 0 Å². The van der Waals surface area contributed by atoms with Crippen molar-refractivity contribution in [2.24, 2.45) is 12.8 Å². The zero-order chi connectivity index (χ0) is 24.5. The largest absolute Gasteiger partial charge is 0.439 e. The number of aromatic nitrogens is 4. The number of nitrogens with zero attached hydrogens (tertiary/aromatic N) is 6. The van der Waals surface area contributed by atoms with Gasteiger partial charge in [0.15, 0.2) is 0 Å². The van der Waals surface area contributed by atoms with E-state index in [-0.39, 0.29) is 5.91 Å². The second-order valence-corrected chi connectivity index (χ2v) is 8.90. The fraction of sp³-hybridized carbons (Fsp3) is 0.308. The summed E-state index contributed by atoms with van der Waals surface area (Å²) in [6.07, 6.45) is 8.29. The van der Waals surface area contributed by atoms with Gasteiger partial charge in [0.25, 0.3) is 5.91 Å². The van der Waals surface area contributed by atoms with Crippen molar-refractivity contribution in [2.75, 3.05) is 20.1 Å². The average molecular weight is 470 g/mol. The fourth-order valence-electron chi connectivity index (χ4n) is 4.16. The standard InChI is InChI=1S/C26H27N7O2/c1-31(10-3-8-27)26(34)19-13-21(25-29-9-11-33(25)16-19)20-7-4-17(15-28)12-23(20)35-24-14-22(18-5-6-18)30-32(24)2/h4,7,9,11-14,16,18H,3,5-6,8,10,27H2,1-2H3. The number of rotatable bonds is 8. The molecule has 9 nitrogen and oxygen atoms in total. The molecule has 3 aromatic heterocycles. The summed E-state index contributed by atoms with van der Waals surface area (Å²) in [6, 6.07) is 11.3. The van der Waals surface area contributed by atoms with E-state index in [9.17, 15) is 10.1 Å². The number of ether oxygens (including phenoxy) is 1. The highest BCUT2D eigenvalue weighted by atomic mass is 16.5. The van der Waals surface area contributed by atoms with E-state index < -0.39 is 0 Å². The van der Waals surface area contributed by atoms with E-state index in [1.807, 2.05) is 35.8 Å². The van der Waals surface area contributed by atoms with Crippen LogP contribution >= 0.6 is 0 Å². The van der Waals surface area contributed by atoms with Crippen LogP contribution in [0.15, 0.2) is 48.9 Å². The van der Waals surface area contributed by atoms with Crippen LogP contribution in [0.25, 0.3) is 16.8 Å². The topological polar surface area (TPSA) is 114 Å². The molecule has 2 N–H and O–H groups in total. The number of hydrogen-bond donors (Lipinski definition) is 1. The lowest BCUT2D eigenvalue weighted by molar-refractivity contribution is 0.0794. The first-order valence-corrected chi connectivity index (χ1v) is 11.7. The van der Waals surface area contributed by atoms with Crippen LogP contribution < -0.4 is 10.5 Å². The van der Waals surface area contributed by atoms with Gasteiger partial charge < -0.3 is 19.8 Å². The Hall–Kier alpha value is -4.16. The number of hydrogen-bond acceptors (Lipinski definition) is 6. The van der Waals surface area contributed by atoms with Gasteiger partial charge in [0.05, 0.1) is 22.9 Å². The Labute approximate surface area is 203 Å². The minimum absolute atomic E-state index is 0.105. The summed E-state index contributed by atoms with van der Waals surface area (Å²) in [6.45, 7) is 1.09. The van der Waals surface area contributed by atoms with Crippen LogP contribution in [-0.2, 0) is 7.05 Å². The number of carbonyl (C=O) groups excluding carboxylic acids is 1. The Bertz CT molecular complexity index is 1440. The first-order chi connectivity index (χ1) is 17.0. The van der Waals surface area contributed by atoms with E-state index in [0.717, 1.165) is 36.1 Å². The molecule has 9 heteroatoms. The molecule has 0 aliphatic heterocycles. The molecule has 1 fully saturated rings. The highest BCUT2D eigenvalue weighted by Gasteiger charge is 2.27. The van der Waals surface area contributed by atoms with Crippen molar-refractivity contribution in [3.63, 3.8) is 0 Å². The molecule has 0 spiro atoms. The summed E-state index contributed by atoms with van der Waals surface area (Å²) < 4.78 is 9.87. The third-order valence-corrected chi connectivity index (χ3v) is 6.25. The van der Waals surface area contributed by atoms with Gasteiger partial charge in [-0.05, 0) is 50.1 Å². The molecule has 178 valence electrons. The second kappa shape index (κ2) is 9.24. The Morgan fingerprint density at radius 3 is 2.86 bits per heavy atom. The summed E-state index contributed by atoms with van der Waals surface area (Å²) in [4.78, 5) is 19.3. The van der Waals surface area contributed by atoms with Crippen molar-refractivity contribution in [3.05, 3.63) is 65.7 Å². The molecular formula is C26H27N7O2. The lowest BCUT2D eigenvalue weighted by atomic mass is 10.0. The number of nitrogens with two attached hydrogens (primary N) is 1. The number of imidazole rings is 1. The number of aryl methyl sites for hydroxylation is 1. The number of benzene rings is 1. The first-order valence-electron chi connectivity index (χ1n) is 11.7. The third kappa shape index (κ3) is 4.48. The molecule has 0 atom stereocenters. The van der Waals surface area contributed by atoms with Gasteiger partial charge in [0, 0.05) is 62.3 Å². The van der Waals surface area contributed by atoms with Crippen molar-refractivity contribution < 1.29 is 9.53 Å². The summed E-state index contributed by atoms with van der Waals surface area (Å²) >= 11 is 0. The van der Waals surface area contributed by atoms with Crippen molar-refractivity contribution in [3.8, 4) is 28.8 Å². The van der Waals surface area contributed by atoms with Gasteiger partial charge in [-0.2, -0.15) is 10.4 Å². The molecule has 0 bridgehead atoms. The molecular weight excluding hydrogens is 442 g/mol. The predicted molar refractivity (Wildman–Crippen MR) is 131 cm³/mol. The third-order valence-electron chi connectivity index (χ3n) is 6.25. The number of amides is 1. The van der Waals surface area contributed by atoms with Gasteiger partial charge in [-0.3, -0.25) is 4.79 Å². The zero-order valence-electron chi connectivity index (χ0n) is 19.8. The lowest BCUT2D eigenvalue weighted by Crippen LogP contribution is -2.29. The monoisotopic (exact) mass is 469 g/mol. The Balaban J connectivity index is 1.59. The van der Waals surface area contributed by atoms with Crippen molar-refractivity contribution in [1.29, 1.82) is 5.26 Å². The summed E-state index contributed by atoms with van der Waals surface area (Å²) in [5.74, 6) is 1.48. The van der Waals surface area contributed by atoms with Crippen LogP contribution in [0.5, 0.6) is 11.6 Å². The van der Waals surface area contributed by atoms with Crippen LogP contribution in [0.3, 0.4) is 0 Å². The molecule has 4 aromatic rings. The maximum atomic E-state index is 13.2. The van der Waals surface area contributed by atoms with E-state index in [0.29, 0.717) is 47.4 Å². The first kappa shape index (κ1) is 22.6. The van der Waals surface area contributed by atoms with E-state index in [1.165, 1.54) is 0 Å². The van der Waals surface area contributed by atoms with E-state index >= 15 is 0 Å². The van der Waals surface area contributed by atoms with Crippen LogP contribution in [0.1, 0.15) is 46.8 Å². The minimum atomic E-state index is -0.105. The molecule has 3 heterocycles. The van der Waals surface area contributed by atoms with Gasteiger partial charge in [-0.15, -0.1) is 0 Å². The Morgan fingerprint density at radius 2 is 2.11 bits per heavy atom. The van der Waals surface area contributed by atoms with Crippen LogP contribution in [-0.4, -0.2) is 50.1 Å². The molecule has 5 rings (SSSR count). The molecule has 1 amide bonds. The summed E-state index contributed by atoms with van der Waals surface area (Å²) in [7, 11) is 3.62. The smallest absolute Gasteiger partial charge is 0.255 e. The predicted octanol–water partition coefficient (Wildman–Crippen LogP) is 3.70. The molecule has 1 saturated carbocycles. The average Bonchev–Trinajstić information content (AvgIpc) is 3.50. The molecule has 1 aliphatic carbocycles. The normalized spacial score (nSPS) is 13.1. The summed E-state index contributed by atoms with van der Waals surface area (Å²) in [5, 5.41) is 14.1.